The largest absolute Gasteiger partial charge is 1.00 e. The van der Waals surface area contributed by atoms with Crippen LogP contribution in [0.5, 0.6) is 0 Å². The second-order valence-electron chi connectivity index (χ2n) is 1.53. The van der Waals surface area contributed by atoms with Crippen molar-refractivity contribution in [1.82, 2.24) is 0 Å². The zero-order chi connectivity index (χ0) is 11.0. The van der Waals surface area contributed by atoms with Crippen molar-refractivity contribution in [3.63, 3.8) is 0 Å². The van der Waals surface area contributed by atoms with E-state index >= 15 is 0 Å². The van der Waals surface area contributed by atoms with Crippen LogP contribution in [0.15, 0.2) is 0 Å². The van der Waals surface area contributed by atoms with Gasteiger partial charge in [-0.25, -0.2) is 9.59 Å². The topological polar surface area (TPSA) is 155 Å². The summed E-state index contributed by atoms with van der Waals surface area (Å²) in [6, 6.07) is 0. The molecule has 0 aliphatic heterocycles. The van der Waals surface area contributed by atoms with Crippen LogP contribution in [0.1, 0.15) is 6.42 Å². The third kappa shape index (κ3) is 31.5. The van der Waals surface area contributed by atoms with Gasteiger partial charge in [0.05, 0.1) is 0 Å². The summed E-state index contributed by atoms with van der Waals surface area (Å²) in [4.78, 5) is 36.8. The van der Waals surface area contributed by atoms with Gasteiger partial charge in [0, 0.05) is 18.4 Å². The van der Waals surface area contributed by atoms with Crippen molar-refractivity contribution >= 4 is 23.9 Å². The van der Waals surface area contributed by atoms with Crippen LogP contribution in [-0.2, 0) is 19.2 Å². The number of carbonyl (C=O) groups is 4. The summed E-state index contributed by atoms with van der Waals surface area (Å²) in [5, 5.41) is 33.3. The van der Waals surface area contributed by atoms with E-state index in [1.165, 1.54) is 0 Å². The Morgan fingerprint density at radius 3 is 1.00 bits per heavy atom. The Morgan fingerprint density at radius 1 is 0.800 bits per heavy atom. The van der Waals surface area contributed by atoms with Crippen molar-refractivity contribution in [2.75, 3.05) is 0 Å². The summed E-state index contributed by atoms with van der Waals surface area (Å²) < 4.78 is 0. The number of carboxylic acids is 4. The van der Waals surface area contributed by atoms with Crippen LogP contribution >= 0.6 is 0 Å². The van der Waals surface area contributed by atoms with Crippen LogP contribution in [0, 0.1) is 0 Å². The zero-order valence-electron chi connectivity index (χ0n) is 8.05. The minimum Gasteiger partial charge on any atom is -0.550 e. The first-order chi connectivity index (χ1) is 5.77. The molecular weight excluding hydrogens is 234 g/mol. The molecule has 2 N–H and O–H groups in total. The fourth-order valence-corrected chi connectivity index (χ4v) is 0.118. The monoisotopic (exact) mass is 238 g/mol. The van der Waals surface area contributed by atoms with Gasteiger partial charge < -0.3 is 30.0 Å². The molecule has 0 fully saturated rings. The first kappa shape index (κ1) is 24.2. The Hall–Kier alpha value is -0.120. The van der Waals surface area contributed by atoms with E-state index in [9.17, 15) is 19.8 Å². The van der Waals surface area contributed by atoms with Gasteiger partial charge in [-0.2, -0.15) is 0 Å². The summed E-state index contributed by atoms with van der Waals surface area (Å²) >= 11 is 0. The molecule has 0 saturated carbocycles. The molecule has 0 aliphatic carbocycles. The van der Waals surface area contributed by atoms with Gasteiger partial charge in [-0.1, -0.05) is 0 Å². The Morgan fingerprint density at radius 2 is 1.00 bits per heavy atom. The maximum Gasteiger partial charge on any atom is 1.00 e. The van der Waals surface area contributed by atoms with Crippen LogP contribution < -0.4 is 69.3 Å². The van der Waals surface area contributed by atoms with E-state index in [1.807, 2.05) is 0 Å². The molecule has 0 spiro atoms. The second-order valence-corrected chi connectivity index (χ2v) is 1.53. The van der Waals surface area contributed by atoms with E-state index in [1.54, 1.807) is 0 Å². The molecule has 0 aliphatic rings. The van der Waals surface area contributed by atoms with Gasteiger partial charge in [-0.15, -0.1) is 0 Å². The quantitative estimate of drug-likeness (QED) is 0.273. The van der Waals surface area contributed by atoms with Gasteiger partial charge in [-0.3, -0.25) is 0 Å². The molecule has 0 bridgehead atoms. The minimum atomic E-state index is -1.82. The van der Waals surface area contributed by atoms with Crippen molar-refractivity contribution in [3.8, 4) is 0 Å². The van der Waals surface area contributed by atoms with Crippen molar-refractivity contribution in [2.45, 2.75) is 6.42 Å². The molecule has 0 saturated heterocycles. The predicted molar refractivity (Wildman–Crippen MR) is 29.9 cm³/mol. The van der Waals surface area contributed by atoms with E-state index in [0.717, 1.165) is 0 Å². The van der Waals surface area contributed by atoms with Crippen molar-refractivity contribution in [3.05, 3.63) is 0 Å². The number of aliphatic carboxylic acids is 4. The smallest absolute Gasteiger partial charge is 0.550 e. The van der Waals surface area contributed by atoms with E-state index in [4.69, 9.17) is 19.8 Å². The maximum absolute atomic E-state index is 9.28. The normalized spacial score (nSPS) is 6.67. The molecule has 0 amide bonds. The van der Waals surface area contributed by atoms with E-state index in [0.29, 0.717) is 0 Å². The molecule has 0 aromatic carbocycles. The summed E-state index contributed by atoms with van der Waals surface area (Å²) in [6.07, 6.45) is -1.03. The minimum absolute atomic E-state index is 0. The molecule has 0 atom stereocenters. The van der Waals surface area contributed by atoms with E-state index in [2.05, 4.69) is 0 Å². The molecule has 0 heterocycles. The van der Waals surface area contributed by atoms with E-state index < -0.39 is 30.3 Å². The van der Waals surface area contributed by atoms with Gasteiger partial charge >= 0.3 is 71.1 Å². The molecule has 0 unspecified atom stereocenters. The molecule has 0 radical (unpaired) electrons. The fraction of sp³-hybridized carbons (Fsp3) is 0.200. The van der Waals surface area contributed by atoms with Crippen LogP contribution in [0.4, 0.5) is 0 Å². The molecule has 10 heteroatoms. The summed E-state index contributed by atoms with van der Waals surface area (Å²) in [5.74, 6) is -6.90. The van der Waals surface area contributed by atoms with Gasteiger partial charge in [0.15, 0.2) is 0 Å². The van der Waals surface area contributed by atoms with Gasteiger partial charge in [0.25, 0.3) is 0 Å². The van der Waals surface area contributed by atoms with Crippen LogP contribution in [0.2, 0.25) is 0 Å². The number of carbonyl (C=O) groups excluding carboxylic acids is 2. The Bertz CT molecular complexity index is 213. The maximum atomic E-state index is 9.28. The van der Waals surface area contributed by atoms with E-state index in [-0.39, 0.29) is 59.1 Å². The molecule has 74 valence electrons. The third-order valence-electron chi connectivity index (χ3n) is 0.472. The molecule has 0 aromatic heterocycles. The SMILES string of the molecule is O=C(O)C(=O)O.O=C([O-])CC(=O)[O-].[Na+].[Na+]. The molecular formula is C5H4Na2O8. The average molecular weight is 238 g/mol. The number of hydrogen-bond donors (Lipinski definition) is 2. The predicted octanol–water partition coefficient (Wildman–Crippen LogP) is -9.96. The molecule has 8 nitrogen and oxygen atoms in total. The van der Waals surface area contributed by atoms with Crippen molar-refractivity contribution in [2.24, 2.45) is 0 Å². The van der Waals surface area contributed by atoms with Gasteiger partial charge in [-0.05, 0) is 0 Å². The Labute approximate surface area is 128 Å². The Kier molecular flexibility index (Phi) is 22.4. The first-order valence-corrected chi connectivity index (χ1v) is 2.63. The summed E-state index contributed by atoms with van der Waals surface area (Å²) in [6.45, 7) is 0. The van der Waals surface area contributed by atoms with Gasteiger partial charge in [0.1, 0.15) is 0 Å². The van der Waals surface area contributed by atoms with Crippen molar-refractivity contribution < 1.29 is 98.7 Å². The summed E-state index contributed by atoms with van der Waals surface area (Å²) in [7, 11) is 0. The average Bonchev–Trinajstić information content (AvgIpc) is 1.84. The summed E-state index contributed by atoms with van der Waals surface area (Å²) in [5.41, 5.74) is 0. The second kappa shape index (κ2) is 13.9. The zero-order valence-corrected chi connectivity index (χ0v) is 12.1. The van der Waals surface area contributed by atoms with Crippen LogP contribution in [0.25, 0.3) is 0 Å². The molecule has 15 heavy (non-hydrogen) atoms. The fourth-order valence-electron chi connectivity index (χ4n) is 0.118. The number of rotatable bonds is 2. The molecule has 0 rings (SSSR count). The standard InChI is InChI=1S/C3H4O4.C2H2O4.2Na/c4-2(5)1-3(6)7;3-1(4)2(5)6;;/h1H2,(H,4,5)(H,6,7);(H,3,4)(H,5,6);;/q;;2*+1/p-2. The Balaban J connectivity index is -0.0000000718. The molecule has 0 aromatic rings. The van der Waals surface area contributed by atoms with Crippen molar-refractivity contribution in [1.29, 1.82) is 0 Å². The number of carboxylic acid groups (broad SMARTS) is 4. The van der Waals surface area contributed by atoms with Crippen LogP contribution in [-0.4, -0.2) is 34.1 Å². The first-order valence-electron chi connectivity index (χ1n) is 2.63. The number of hydrogen-bond acceptors (Lipinski definition) is 6. The van der Waals surface area contributed by atoms with Gasteiger partial charge in [0.2, 0.25) is 0 Å². The third-order valence-corrected chi connectivity index (χ3v) is 0.472. The van der Waals surface area contributed by atoms with Crippen LogP contribution in [0.3, 0.4) is 0 Å².